The lowest BCUT2D eigenvalue weighted by Crippen LogP contribution is -1.99. The van der Waals surface area contributed by atoms with E-state index in [0.717, 1.165) is 27.8 Å². The van der Waals surface area contributed by atoms with Gasteiger partial charge < -0.3 is 5.73 Å². The number of benzene rings is 2. The number of anilines is 1. The van der Waals surface area contributed by atoms with E-state index in [4.69, 9.17) is 5.73 Å². The summed E-state index contributed by atoms with van der Waals surface area (Å²) in [5, 5.41) is 0. The lowest BCUT2D eigenvalue weighted by Gasteiger charge is -2.07. The molecule has 4 heteroatoms. The third-order valence-electron chi connectivity index (χ3n) is 3.70. The van der Waals surface area contributed by atoms with Crippen molar-refractivity contribution >= 4 is 32.4 Å². The molecule has 0 aromatic heterocycles. The van der Waals surface area contributed by atoms with Gasteiger partial charge in [0.05, 0.1) is 16.6 Å². The van der Waals surface area contributed by atoms with E-state index in [1.54, 1.807) is 0 Å². The first-order valence-electron chi connectivity index (χ1n) is 6.67. The molecular formula is C16H16BrNOS. The van der Waals surface area contributed by atoms with Gasteiger partial charge in [-0.15, -0.1) is 0 Å². The molecule has 2 aromatic rings. The van der Waals surface area contributed by atoms with E-state index in [1.165, 1.54) is 17.5 Å². The van der Waals surface area contributed by atoms with Gasteiger partial charge >= 0.3 is 0 Å². The minimum absolute atomic E-state index is 0.514. The largest absolute Gasteiger partial charge is 0.399 e. The quantitative estimate of drug-likeness (QED) is 0.855. The maximum absolute atomic E-state index is 12.5. The van der Waals surface area contributed by atoms with E-state index in [1.807, 2.05) is 24.3 Å². The number of halogens is 1. The molecule has 0 saturated carbocycles. The number of hydrogen-bond donors (Lipinski definition) is 1. The molecule has 1 aliphatic carbocycles. The number of rotatable bonds is 3. The molecule has 0 bridgehead atoms. The molecule has 0 heterocycles. The van der Waals surface area contributed by atoms with Crippen LogP contribution in [-0.4, -0.2) is 4.21 Å². The van der Waals surface area contributed by atoms with Crippen LogP contribution < -0.4 is 5.73 Å². The Hall–Kier alpha value is -1.13. The van der Waals surface area contributed by atoms with E-state index in [0.29, 0.717) is 11.4 Å². The van der Waals surface area contributed by atoms with Crippen LogP contribution in [0.1, 0.15) is 23.1 Å². The molecule has 3 rings (SSSR count). The van der Waals surface area contributed by atoms with Crippen molar-refractivity contribution in [2.75, 3.05) is 5.73 Å². The Balaban J connectivity index is 1.82. The summed E-state index contributed by atoms with van der Waals surface area (Å²) in [5.74, 6) is 0.514. The Morgan fingerprint density at radius 3 is 2.70 bits per heavy atom. The zero-order chi connectivity index (χ0) is 14.1. The van der Waals surface area contributed by atoms with Crippen LogP contribution >= 0.6 is 15.9 Å². The highest BCUT2D eigenvalue weighted by molar-refractivity contribution is 9.10. The third-order valence-corrected chi connectivity index (χ3v) is 5.79. The van der Waals surface area contributed by atoms with Crippen LogP contribution in [0.2, 0.25) is 0 Å². The van der Waals surface area contributed by atoms with Crippen molar-refractivity contribution in [1.29, 1.82) is 0 Å². The zero-order valence-electron chi connectivity index (χ0n) is 11.1. The van der Waals surface area contributed by atoms with E-state index >= 15 is 0 Å². The highest BCUT2D eigenvalue weighted by Crippen LogP contribution is 2.26. The molecule has 0 fully saturated rings. The van der Waals surface area contributed by atoms with Crippen molar-refractivity contribution in [2.24, 2.45) is 0 Å². The predicted octanol–water partition coefficient (Wildman–Crippen LogP) is 3.83. The molecule has 2 nitrogen and oxygen atoms in total. The predicted molar refractivity (Wildman–Crippen MR) is 87.1 cm³/mol. The summed E-state index contributed by atoms with van der Waals surface area (Å²) in [6.07, 6.45) is 3.49. The summed E-state index contributed by atoms with van der Waals surface area (Å²) < 4.78 is 13.4. The van der Waals surface area contributed by atoms with Crippen molar-refractivity contribution in [3.05, 3.63) is 57.6 Å². The van der Waals surface area contributed by atoms with E-state index in [2.05, 4.69) is 28.1 Å². The maximum Gasteiger partial charge on any atom is 0.0574 e. The summed E-state index contributed by atoms with van der Waals surface area (Å²) in [6.45, 7) is 0. The number of fused-ring (bicyclic) bond motifs is 1. The topological polar surface area (TPSA) is 43.1 Å². The SMILES string of the molecule is Nc1ccc(CS(=O)c2ccc3c(c2)CCC3)c(Br)c1. The standard InChI is InChI=1S/C16H16BrNOS/c17-16-9-14(18)6-4-13(16)10-20(19)15-7-5-11-2-1-3-12(11)8-15/h4-9H,1-3,10,18H2. The molecule has 1 atom stereocenters. The van der Waals surface area contributed by atoms with Crippen molar-refractivity contribution < 1.29 is 4.21 Å². The molecule has 0 saturated heterocycles. The highest BCUT2D eigenvalue weighted by Gasteiger charge is 2.14. The van der Waals surface area contributed by atoms with E-state index in [9.17, 15) is 4.21 Å². The van der Waals surface area contributed by atoms with Crippen LogP contribution in [0.15, 0.2) is 45.8 Å². The number of hydrogen-bond acceptors (Lipinski definition) is 2. The van der Waals surface area contributed by atoms with Crippen molar-refractivity contribution in [1.82, 2.24) is 0 Å². The third kappa shape index (κ3) is 2.81. The van der Waals surface area contributed by atoms with E-state index in [-0.39, 0.29) is 0 Å². The molecule has 0 aliphatic heterocycles. The minimum atomic E-state index is -1.01. The van der Waals surface area contributed by atoms with Gasteiger partial charge in [0, 0.05) is 15.1 Å². The number of aryl methyl sites for hydroxylation is 2. The molecule has 104 valence electrons. The van der Waals surface area contributed by atoms with Crippen LogP contribution in [0, 0.1) is 0 Å². The molecule has 20 heavy (non-hydrogen) atoms. The Kier molecular flexibility index (Phi) is 3.94. The fourth-order valence-corrected chi connectivity index (χ4v) is 4.51. The average molecular weight is 350 g/mol. The van der Waals surface area contributed by atoms with Crippen molar-refractivity contribution in [2.45, 2.75) is 29.9 Å². The summed E-state index contributed by atoms with van der Waals surface area (Å²) >= 11 is 3.48. The van der Waals surface area contributed by atoms with Gasteiger partial charge in [-0.25, -0.2) is 0 Å². The summed E-state index contributed by atoms with van der Waals surface area (Å²) in [4.78, 5) is 0.925. The minimum Gasteiger partial charge on any atom is -0.399 e. The van der Waals surface area contributed by atoms with Crippen molar-refractivity contribution in [3.8, 4) is 0 Å². The van der Waals surface area contributed by atoms with Gasteiger partial charge in [-0.3, -0.25) is 4.21 Å². The molecular weight excluding hydrogens is 334 g/mol. The molecule has 0 amide bonds. The molecule has 1 unspecified atom stereocenters. The molecule has 1 aliphatic rings. The smallest absolute Gasteiger partial charge is 0.0574 e. The van der Waals surface area contributed by atoms with Gasteiger partial charge in [-0.1, -0.05) is 28.1 Å². The fraction of sp³-hybridized carbons (Fsp3) is 0.250. The second-order valence-corrected chi connectivity index (χ2v) is 7.43. The van der Waals surface area contributed by atoms with Gasteiger partial charge in [0.1, 0.15) is 0 Å². The lowest BCUT2D eigenvalue weighted by molar-refractivity contribution is 0.682. The number of nitrogen functional groups attached to an aromatic ring is 1. The summed E-state index contributed by atoms with van der Waals surface area (Å²) in [6, 6.07) is 11.9. The van der Waals surface area contributed by atoms with Crippen molar-refractivity contribution in [3.63, 3.8) is 0 Å². The Labute approximate surface area is 130 Å². The Morgan fingerprint density at radius 1 is 1.10 bits per heavy atom. The van der Waals surface area contributed by atoms with Crippen LogP contribution in [0.25, 0.3) is 0 Å². The first-order chi connectivity index (χ1) is 9.63. The Morgan fingerprint density at radius 2 is 1.90 bits per heavy atom. The van der Waals surface area contributed by atoms with Crippen LogP contribution in [0.3, 0.4) is 0 Å². The lowest BCUT2D eigenvalue weighted by atomic mass is 10.1. The van der Waals surface area contributed by atoms with Gasteiger partial charge in [-0.2, -0.15) is 0 Å². The monoisotopic (exact) mass is 349 g/mol. The fourth-order valence-electron chi connectivity index (χ4n) is 2.60. The van der Waals surface area contributed by atoms with Crippen LogP contribution in [-0.2, 0) is 29.4 Å². The second kappa shape index (κ2) is 5.70. The summed E-state index contributed by atoms with van der Waals surface area (Å²) in [5.41, 5.74) is 10.2. The normalized spacial score (nSPS) is 15.1. The molecule has 0 radical (unpaired) electrons. The zero-order valence-corrected chi connectivity index (χ0v) is 13.5. The average Bonchev–Trinajstić information content (AvgIpc) is 2.89. The van der Waals surface area contributed by atoms with Gasteiger partial charge in [0.2, 0.25) is 0 Å². The number of nitrogens with two attached hydrogens (primary N) is 1. The maximum atomic E-state index is 12.5. The van der Waals surface area contributed by atoms with Gasteiger partial charge in [-0.05, 0) is 60.2 Å². The van der Waals surface area contributed by atoms with Crippen LogP contribution in [0.5, 0.6) is 0 Å². The molecule has 2 N–H and O–H groups in total. The first kappa shape index (κ1) is 13.8. The van der Waals surface area contributed by atoms with Gasteiger partial charge in [0.15, 0.2) is 0 Å². The van der Waals surface area contributed by atoms with Crippen LogP contribution in [0.4, 0.5) is 5.69 Å². The van der Waals surface area contributed by atoms with Gasteiger partial charge in [0.25, 0.3) is 0 Å². The molecule has 2 aromatic carbocycles. The highest BCUT2D eigenvalue weighted by atomic mass is 79.9. The second-order valence-electron chi connectivity index (χ2n) is 5.12. The van der Waals surface area contributed by atoms with E-state index < -0.39 is 10.8 Å². The summed E-state index contributed by atoms with van der Waals surface area (Å²) in [7, 11) is -1.01. The Bertz CT molecular complexity index is 684. The first-order valence-corrected chi connectivity index (χ1v) is 8.79. The molecule has 0 spiro atoms.